The number of carbonyl (C=O) groups is 1. The molecule has 2 aromatic heterocycles. The molecule has 1 spiro atoms. The number of carbonyl (C=O) groups excluding carboxylic acids is 1. The highest BCUT2D eigenvalue weighted by molar-refractivity contribution is 5.45. The van der Waals surface area contributed by atoms with E-state index in [9.17, 15) is 40.7 Å². The van der Waals surface area contributed by atoms with Crippen molar-refractivity contribution >= 4 is 6.41 Å². The van der Waals surface area contributed by atoms with Crippen LogP contribution >= 0.6 is 0 Å². The van der Waals surface area contributed by atoms with Crippen molar-refractivity contribution in [3.63, 3.8) is 0 Å². The van der Waals surface area contributed by atoms with E-state index in [0.717, 1.165) is 44.0 Å². The van der Waals surface area contributed by atoms with Gasteiger partial charge in [0, 0.05) is 25.2 Å². The maximum atomic E-state index is 15.4. The van der Waals surface area contributed by atoms with Crippen LogP contribution in [0.3, 0.4) is 0 Å². The van der Waals surface area contributed by atoms with Gasteiger partial charge in [-0.25, -0.2) is 14.2 Å². The van der Waals surface area contributed by atoms with Crippen molar-refractivity contribution in [3.05, 3.63) is 163 Å². The van der Waals surface area contributed by atoms with E-state index >= 15 is 4.39 Å². The predicted octanol–water partition coefficient (Wildman–Crippen LogP) is 7.16. The van der Waals surface area contributed by atoms with Gasteiger partial charge in [-0.05, 0) is 61.2 Å². The van der Waals surface area contributed by atoms with E-state index in [2.05, 4.69) is 5.32 Å². The number of aromatic nitrogens is 2. The van der Waals surface area contributed by atoms with Gasteiger partial charge in [-0.1, -0.05) is 66.7 Å². The molecule has 61 heavy (non-hydrogen) atoms. The third-order valence-corrected chi connectivity index (χ3v) is 11.1. The number of piperidine rings is 1. The summed E-state index contributed by atoms with van der Waals surface area (Å²) in [7, 11) is 0. The Hall–Kier alpha value is -5.56. The van der Waals surface area contributed by atoms with Crippen LogP contribution in [0.15, 0.2) is 105 Å². The molecule has 0 saturated carbocycles. The van der Waals surface area contributed by atoms with Crippen molar-refractivity contribution in [2.75, 3.05) is 26.2 Å². The lowest BCUT2D eigenvalue weighted by Gasteiger charge is -2.38. The number of amides is 1. The number of likely N-dealkylation sites (tertiary alicyclic amines) is 1. The van der Waals surface area contributed by atoms with Crippen LogP contribution in [0.4, 0.5) is 30.7 Å². The summed E-state index contributed by atoms with van der Waals surface area (Å²) in [5.41, 5.74) is -3.46. The summed E-state index contributed by atoms with van der Waals surface area (Å²) in [4.78, 5) is 48.5. The molecule has 5 aromatic rings. The Bertz CT molecular complexity index is 2410. The maximum Gasteiger partial charge on any atom is 0.449 e. The second-order valence-electron chi connectivity index (χ2n) is 15.0. The van der Waals surface area contributed by atoms with Gasteiger partial charge in [-0.3, -0.25) is 28.5 Å². The summed E-state index contributed by atoms with van der Waals surface area (Å²) < 4.78 is 111. The zero-order chi connectivity index (χ0) is 43.4. The number of nitrogens with one attached hydrogen (secondary N) is 1. The van der Waals surface area contributed by atoms with E-state index < -0.39 is 64.5 Å². The van der Waals surface area contributed by atoms with Crippen LogP contribution in [0.2, 0.25) is 0 Å². The van der Waals surface area contributed by atoms with Gasteiger partial charge in [0.05, 0.1) is 49.1 Å². The molecule has 324 valence electrons. The Balaban J connectivity index is 1.19. The van der Waals surface area contributed by atoms with Crippen LogP contribution < -0.4 is 16.6 Å². The summed E-state index contributed by atoms with van der Waals surface area (Å²) in [6, 6.07) is 22.0. The van der Waals surface area contributed by atoms with E-state index in [4.69, 9.17) is 14.0 Å². The fraction of sp³-hybridized carbons (Fsp3) is 0.372. The molecule has 0 radical (unpaired) electrons. The molecule has 1 saturated heterocycles. The molecule has 0 aliphatic carbocycles. The Kier molecular flexibility index (Phi) is 13.0. The highest BCUT2D eigenvalue weighted by Gasteiger charge is 2.47. The minimum absolute atomic E-state index is 0.0191. The molecule has 3 aromatic carbocycles. The first-order valence-corrected chi connectivity index (χ1v) is 19.6. The molecule has 2 aliphatic heterocycles. The lowest BCUT2D eigenvalue weighted by molar-refractivity contribution is -0.177. The molecule has 1 unspecified atom stereocenters. The van der Waals surface area contributed by atoms with Gasteiger partial charge in [0.2, 0.25) is 12.2 Å². The second kappa shape index (κ2) is 18.2. The number of alkyl halides is 6. The van der Waals surface area contributed by atoms with Gasteiger partial charge >= 0.3 is 18.0 Å². The molecule has 4 heterocycles. The topological polar surface area (TPSA) is 111 Å². The smallest absolute Gasteiger partial charge is 0.449 e. The lowest BCUT2D eigenvalue weighted by atomic mass is 9.85. The summed E-state index contributed by atoms with van der Waals surface area (Å²) in [6.45, 7) is -0.348. The highest BCUT2D eigenvalue weighted by atomic mass is 19.4. The van der Waals surface area contributed by atoms with Crippen molar-refractivity contribution < 1.29 is 49.5 Å². The van der Waals surface area contributed by atoms with Crippen LogP contribution in [-0.2, 0) is 65.2 Å². The van der Waals surface area contributed by atoms with E-state index in [1.807, 2.05) is 35.2 Å². The van der Waals surface area contributed by atoms with Crippen LogP contribution in [-0.4, -0.2) is 51.7 Å². The van der Waals surface area contributed by atoms with Crippen molar-refractivity contribution in [2.45, 2.75) is 76.1 Å². The van der Waals surface area contributed by atoms with E-state index in [-0.39, 0.29) is 82.3 Å². The number of ether oxygens (including phenoxy) is 1. The monoisotopic (exact) mass is 857 g/mol. The number of halogens is 7. The van der Waals surface area contributed by atoms with Crippen molar-refractivity contribution in [1.29, 1.82) is 0 Å². The molecule has 1 fully saturated rings. The highest BCUT2D eigenvalue weighted by Crippen LogP contribution is 2.43. The zero-order valence-electron chi connectivity index (χ0n) is 32.7. The van der Waals surface area contributed by atoms with Crippen LogP contribution in [0.1, 0.15) is 70.3 Å². The van der Waals surface area contributed by atoms with Crippen molar-refractivity contribution in [3.8, 4) is 0 Å². The molecule has 11 nitrogen and oxygen atoms in total. The van der Waals surface area contributed by atoms with Gasteiger partial charge in [0.25, 0.3) is 5.56 Å². The van der Waals surface area contributed by atoms with Crippen LogP contribution in [0, 0.1) is 5.82 Å². The molecule has 1 amide bonds. The Morgan fingerprint density at radius 2 is 1.56 bits per heavy atom. The molecular formula is C43H42F7N5O6. The summed E-state index contributed by atoms with van der Waals surface area (Å²) in [5, 5.41) is 4.51. The predicted molar refractivity (Wildman–Crippen MR) is 206 cm³/mol. The average Bonchev–Trinajstić information content (AvgIpc) is 3.87. The largest absolute Gasteiger partial charge is 0.455 e. The summed E-state index contributed by atoms with van der Waals surface area (Å²) >= 11 is 0. The SMILES string of the molecule is O=CN(CCCNC(Cn1c(=O)c2c(n(Cc3c(F)cccc3C(F)(F)F)c1=O)COC21CCN(Cc2ccc(C(F)(F)F)o2)CC1)c1ccccc1)OCc1ccccc1. The quantitative estimate of drug-likeness (QED) is 0.0482. The third-order valence-electron chi connectivity index (χ3n) is 11.1. The molecule has 0 bridgehead atoms. The molecule has 1 N–H and O–H groups in total. The molecule has 1 atom stereocenters. The fourth-order valence-electron chi connectivity index (χ4n) is 7.94. The van der Waals surface area contributed by atoms with Gasteiger partial charge in [0.15, 0.2) is 0 Å². The van der Waals surface area contributed by atoms with Crippen LogP contribution in [0.25, 0.3) is 0 Å². The van der Waals surface area contributed by atoms with E-state index in [1.165, 1.54) is 6.07 Å². The first-order valence-electron chi connectivity index (χ1n) is 19.6. The Labute approximate surface area is 344 Å². The normalized spacial score (nSPS) is 15.9. The number of hydrogen-bond acceptors (Lipinski definition) is 8. The molecule has 7 rings (SSSR count). The lowest BCUT2D eigenvalue weighted by Crippen LogP contribution is -2.50. The number of benzene rings is 3. The fourth-order valence-corrected chi connectivity index (χ4v) is 7.94. The number of rotatable bonds is 16. The number of furan rings is 1. The maximum absolute atomic E-state index is 15.4. The van der Waals surface area contributed by atoms with Gasteiger partial charge in [-0.2, -0.15) is 26.3 Å². The number of fused-ring (bicyclic) bond motifs is 2. The van der Waals surface area contributed by atoms with Gasteiger partial charge < -0.3 is 14.5 Å². The van der Waals surface area contributed by atoms with Crippen molar-refractivity contribution in [2.24, 2.45) is 0 Å². The number of nitrogens with zero attached hydrogens (tertiary/aromatic N) is 4. The van der Waals surface area contributed by atoms with Crippen molar-refractivity contribution in [1.82, 2.24) is 24.4 Å². The summed E-state index contributed by atoms with van der Waals surface area (Å²) in [5.74, 6) is -2.25. The second-order valence-corrected chi connectivity index (χ2v) is 15.0. The van der Waals surface area contributed by atoms with Crippen LogP contribution in [0.5, 0.6) is 0 Å². The standard InChI is InChI=1S/C43H42F7N5O6/c44-34-14-7-13-33(42(45,46)47)32(34)24-54-36-27-59-41(17-21-52(22-18-41)23-31-15-16-37(61-31)43(48,49)50)38(36)39(57)55(40(54)58)25-35(30-11-5-2-6-12-30)51-19-8-20-53(28-56)60-26-29-9-3-1-4-10-29/h1-7,9-16,28,35,51H,8,17-27H2. The van der Waals surface area contributed by atoms with E-state index in [1.54, 1.807) is 30.3 Å². The minimum atomic E-state index is -4.97. The number of hydroxylamine groups is 2. The Morgan fingerprint density at radius 1 is 0.852 bits per heavy atom. The summed E-state index contributed by atoms with van der Waals surface area (Å²) in [6.07, 6.45) is -8.38. The minimum Gasteiger partial charge on any atom is -0.455 e. The van der Waals surface area contributed by atoms with Gasteiger partial charge in [0.1, 0.15) is 23.8 Å². The molecule has 2 aliphatic rings. The average molecular weight is 858 g/mol. The number of hydrogen-bond donors (Lipinski definition) is 1. The zero-order valence-corrected chi connectivity index (χ0v) is 32.7. The third kappa shape index (κ3) is 9.82. The Morgan fingerprint density at radius 3 is 2.21 bits per heavy atom. The first-order chi connectivity index (χ1) is 29.2. The molecule has 18 heteroatoms. The first kappa shape index (κ1) is 43.5. The van der Waals surface area contributed by atoms with E-state index in [0.29, 0.717) is 18.4 Å². The molecular weight excluding hydrogens is 815 g/mol. The van der Waals surface area contributed by atoms with Gasteiger partial charge in [-0.15, -0.1) is 0 Å².